The van der Waals surface area contributed by atoms with E-state index >= 15 is 0 Å². The minimum Gasteiger partial charge on any atom is -0.504 e. The number of aromatic hydroxyl groups is 1. The van der Waals surface area contributed by atoms with Gasteiger partial charge < -0.3 is 9.84 Å². The number of hydrogen-bond donors (Lipinski definition) is 1. The molecule has 3 aromatic rings. The van der Waals surface area contributed by atoms with E-state index in [1.807, 2.05) is 36.4 Å². The molecule has 3 rings (SSSR count). The molecule has 0 aromatic heterocycles. The molecule has 0 aliphatic heterocycles. The van der Waals surface area contributed by atoms with E-state index in [4.69, 9.17) is 4.74 Å². The molecule has 0 heterocycles. The van der Waals surface area contributed by atoms with Crippen molar-refractivity contribution in [2.45, 2.75) is 0 Å². The summed E-state index contributed by atoms with van der Waals surface area (Å²) in [5.74, 6) is 0.172. The largest absolute Gasteiger partial charge is 0.504 e. The Labute approximate surface area is 157 Å². The van der Waals surface area contributed by atoms with Gasteiger partial charge in [-0.1, -0.05) is 60.7 Å². The van der Waals surface area contributed by atoms with E-state index < -0.39 is 0 Å². The lowest BCUT2D eigenvalue weighted by Gasteiger charge is -2.05. The molecule has 0 bridgehead atoms. The van der Waals surface area contributed by atoms with E-state index in [0.29, 0.717) is 22.4 Å². The second-order valence-electron chi connectivity index (χ2n) is 5.69. The smallest absolute Gasteiger partial charge is 0.213 e. The van der Waals surface area contributed by atoms with Crippen molar-refractivity contribution in [3.8, 4) is 11.5 Å². The normalized spacial score (nSPS) is 11.5. The van der Waals surface area contributed by atoms with Gasteiger partial charge in [0.15, 0.2) is 11.5 Å². The second-order valence-corrected chi connectivity index (χ2v) is 5.69. The molecule has 0 amide bonds. The van der Waals surface area contributed by atoms with Crippen molar-refractivity contribution in [1.29, 1.82) is 0 Å². The number of Topliss-reactive ketones (excluding diaryl/α,β-unsaturated/α-hetero) is 1. The van der Waals surface area contributed by atoms with Crippen LogP contribution in [0.5, 0.6) is 11.5 Å². The van der Waals surface area contributed by atoms with Crippen molar-refractivity contribution in [2.24, 2.45) is 10.2 Å². The van der Waals surface area contributed by atoms with Crippen molar-refractivity contribution >= 4 is 17.7 Å². The fourth-order valence-corrected chi connectivity index (χ4v) is 2.50. The third-order valence-electron chi connectivity index (χ3n) is 3.87. The van der Waals surface area contributed by atoms with Gasteiger partial charge in [-0.2, -0.15) is 5.10 Å². The Morgan fingerprint density at radius 3 is 2.15 bits per heavy atom. The molecule has 5 heteroatoms. The number of phenols is 1. The minimum absolute atomic E-state index is 0.00840. The van der Waals surface area contributed by atoms with Crippen molar-refractivity contribution in [2.75, 3.05) is 7.11 Å². The van der Waals surface area contributed by atoms with Gasteiger partial charge in [0, 0.05) is 11.1 Å². The molecule has 0 saturated carbocycles. The number of phenolic OH excluding ortho intramolecular Hbond substituents is 1. The summed E-state index contributed by atoms with van der Waals surface area (Å²) in [6.07, 6.45) is 1.47. The number of nitrogens with zero attached hydrogens (tertiary/aromatic N) is 2. The van der Waals surface area contributed by atoms with Crippen LogP contribution in [0.4, 0.5) is 0 Å². The zero-order valence-electron chi connectivity index (χ0n) is 14.7. The highest BCUT2D eigenvalue weighted by Crippen LogP contribution is 2.25. The van der Waals surface area contributed by atoms with Crippen LogP contribution in [0, 0.1) is 0 Å². The molecule has 0 spiro atoms. The van der Waals surface area contributed by atoms with Crippen LogP contribution < -0.4 is 4.74 Å². The molecule has 0 aliphatic carbocycles. The monoisotopic (exact) mass is 358 g/mol. The molecule has 5 nitrogen and oxygen atoms in total. The van der Waals surface area contributed by atoms with Crippen LogP contribution in [0.25, 0.3) is 0 Å². The maximum atomic E-state index is 12.9. The Balaban J connectivity index is 1.93. The SMILES string of the molecule is COc1ccc(C=NN=C(C(=O)c2ccccc2)c2ccccc2)cc1O. The van der Waals surface area contributed by atoms with Crippen molar-refractivity contribution in [3.05, 3.63) is 95.6 Å². The Kier molecular flexibility index (Phi) is 5.74. The number of ether oxygens (including phenoxy) is 1. The van der Waals surface area contributed by atoms with Crippen LogP contribution >= 0.6 is 0 Å². The third kappa shape index (κ3) is 4.46. The summed E-state index contributed by atoms with van der Waals surface area (Å²) in [6, 6.07) is 23.0. The summed E-state index contributed by atoms with van der Waals surface area (Å²) < 4.78 is 5.01. The number of hydrogen-bond acceptors (Lipinski definition) is 5. The first kappa shape index (κ1) is 18.1. The number of carbonyl (C=O) groups excluding carboxylic acids is 1. The van der Waals surface area contributed by atoms with Gasteiger partial charge in [-0.25, -0.2) is 0 Å². The van der Waals surface area contributed by atoms with E-state index in [9.17, 15) is 9.90 Å². The van der Waals surface area contributed by atoms with Crippen LogP contribution in [0.3, 0.4) is 0 Å². The van der Waals surface area contributed by atoms with Gasteiger partial charge in [-0.3, -0.25) is 4.79 Å². The Bertz CT molecular complexity index is 981. The molecular formula is C22H18N2O3. The average Bonchev–Trinajstić information content (AvgIpc) is 2.72. The number of ketones is 1. The van der Waals surface area contributed by atoms with Gasteiger partial charge >= 0.3 is 0 Å². The van der Waals surface area contributed by atoms with Gasteiger partial charge in [0.25, 0.3) is 0 Å². The molecule has 0 unspecified atom stereocenters. The zero-order valence-corrected chi connectivity index (χ0v) is 14.7. The molecule has 0 radical (unpaired) electrons. The van der Waals surface area contributed by atoms with E-state index in [2.05, 4.69) is 10.2 Å². The topological polar surface area (TPSA) is 71.2 Å². The fourth-order valence-electron chi connectivity index (χ4n) is 2.50. The Hall–Kier alpha value is -3.73. The highest BCUT2D eigenvalue weighted by Gasteiger charge is 2.16. The minimum atomic E-state index is -0.212. The quantitative estimate of drug-likeness (QED) is 0.409. The summed E-state index contributed by atoms with van der Waals surface area (Å²) >= 11 is 0. The molecule has 0 aliphatic rings. The lowest BCUT2D eigenvalue weighted by Crippen LogP contribution is -2.15. The number of methoxy groups -OCH3 is 1. The highest BCUT2D eigenvalue weighted by atomic mass is 16.5. The average molecular weight is 358 g/mol. The third-order valence-corrected chi connectivity index (χ3v) is 3.87. The van der Waals surface area contributed by atoms with E-state index in [1.54, 1.807) is 36.4 Å². The molecule has 0 atom stereocenters. The summed E-state index contributed by atoms with van der Waals surface area (Å²) in [7, 11) is 1.48. The van der Waals surface area contributed by atoms with Crippen LogP contribution in [0.15, 0.2) is 89.1 Å². The summed E-state index contributed by atoms with van der Waals surface area (Å²) in [5.41, 5.74) is 2.10. The second kappa shape index (κ2) is 8.58. The molecule has 134 valence electrons. The first-order chi connectivity index (χ1) is 13.2. The van der Waals surface area contributed by atoms with Crippen LogP contribution in [0.1, 0.15) is 21.5 Å². The van der Waals surface area contributed by atoms with Crippen molar-refractivity contribution < 1.29 is 14.6 Å². The van der Waals surface area contributed by atoms with Gasteiger partial charge in [0.2, 0.25) is 5.78 Å². The van der Waals surface area contributed by atoms with E-state index in [1.165, 1.54) is 19.4 Å². The standard InChI is InChI=1S/C22H18N2O3/c1-27-20-13-12-16(14-19(20)25)15-23-24-21(17-8-4-2-5-9-17)22(26)18-10-6-3-7-11-18/h2-15,25H,1H3. The molecule has 27 heavy (non-hydrogen) atoms. The number of rotatable bonds is 6. The maximum Gasteiger partial charge on any atom is 0.213 e. The van der Waals surface area contributed by atoms with Crippen molar-refractivity contribution in [3.63, 3.8) is 0 Å². The number of benzene rings is 3. The molecule has 1 N–H and O–H groups in total. The molecule has 0 fully saturated rings. The van der Waals surface area contributed by atoms with Crippen LogP contribution in [-0.2, 0) is 0 Å². The summed E-state index contributed by atoms with van der Waals surface area (Å²) in [4.78, 5) is 12.9. The van der Waals surface area contributed by atoms with Gasteiger partial charge in [0.1, 0.15) is 5.71 Å². The van der Waals surface area contributed by atoms with Gasteiger partial charge in [-0.15, -0.1) is 5.10 Å². The van der Waals surface area contributed by atoms with Gasteiger partial charge in [-0.05, 0) is 23.8 Å². The number of carbonyl (C=O) groups is 1. The van der Waals surface area contributed by atoms with Crippen LogP contribution in [0.2, 0.25) is 0 Å². The fraction of sp³-hybridized carbons (Fsp3) is 0.0455. The first-order valence-corrected chi connectivity index (χ1v) is 8.32. The maximum absolute atomic E-state index is 12.9. The Morgan fingerprint density at radius 1 is 0.926 bits per heavy atom. The zero-order chi connectivity index (χ0) is 19.1. The molecular weight excluding hydrogens is 340 g/mol. The molecule has 3 aromatic carbocycles. The summed E-state index contributed by atoms with van der Waals surface area (Å²) in [5, 5.41) is 18.1. The lowest BCUT2D eigenvalue weighted by atomic mass is 10.0. The first-order valence-electron chi connectivity index (χ1n) is 8.32. The predicted octanol–water partition coefficient (Wildman–Crippen LogP) is 4.11. The Morgan fingerprint density at radius 2 is 1.56 bits per heavy atom. The van der Waals surface area contributed by atoms with E-state index in [0.717, 1.165) is 0 Å². The van der Waals surface area contributed by atoms with Crippen molar-refractivity contribution in [1.82, 2.24) is 0 Å². The lowest BCUT2D eigenvalue weighted by molar-refractivity contribution is 0.106. The molecule has 0 saturated heterocycles. The van der Waals surface area contributed by atoms with Gasteiger partial charge in [0.05, 0.1) is 13.3 Å². The van der Waals surface area contributed by atoms with Crippen LogP contribution in [-0.4, -0.2) is 29.9 Å². The van der Waals surface area contributed by atoms with E-state index in [-0.39, 0.29) is 17.2 Å². The summed E-state index contributed by atoms with van der Waals surface area (Å²) in [6.45, 7) is 0. The predicted molar refractivity (Wildman–Crippen MR) is 106 cm³/mol. The highest BCUT2D eigenvalue weighted by molar-refractivity contribution is 6.51.